The molecule has 0 spiro atoms. The molecular formula is C33H41Cl2Zr. The molecule has 4 bridgehead atoms. The van der Waals surface area contributed by atoms with Crippen molar-refractivity contribution in [1.29, 1.82) is 0 Å². The normalized spacial score (nSPS) is 32.7. The average molecular weight is 600 g/mol. The SMILES string of the molecule is Cl.Cl.[Zr][CH]1C(CC2CCCCCC2)=Cc2c(-c3ccccc3C3C4CC5CC(C4)CC3C5)cccc21. The molecule has 2 aromatic carbocycles. The summed E-state index contributed by atoms with van der Waals surface area (Å²) in [5.74, 6) is 5.71. The van der Waals surface area contributed by atoms with Crippen molar-refractivity contribution in [2.75, 3.05) is 0 Å². The van der Waals surface area contributed by atoms with Gasteiger partial charge in [0.05, 0.1) is 0 Å². The molecule has 1 unspecified atom stereocenters. The van der Waals surface area contributed by atoms with E-state index in [9.17, 15) is 0 Å². The first kappa shape index (κ1) is 27.2. The number of halogens is 2. The molecule has 36 heavy (non-hydrogen) atoms. The summed E-state index contributed by atoms with van der Waals surface area (Å²) in [6.07, 6.45) is 20.3. The van der Waals surface area contributed by atoms with Crippen molar-refractivity contribution in [3.05, 3.63) is 64.7 Å². The third kappa shape index (κ3) is 4.89. The van der Waals surface area contributed by atoms with Gasteiger partial charge in [-0.3, -0.25) is 0 Å². The molecule has 0 saturated heterocycles. The van der Waals surface area contributed by atoms with Gasteiger partial charge in [0.15, 0.2) is 0 Å². The van der Waals surface area contributed by atoms with Gasteiger partial charge in [0.1, 0.15) is 0 Å². The van der Waals surface area contributed by atoms with Gasteiger partial charge in [-0.1, -0.05) is 0 Å². The van der Waals surface area contributed by atoms with Gasteiger partial charge in [-0.05, 0) is 0 Å². The topological polar surface area (TPSA) is 0 Å². The van der Waals surface area contributed by atoms with E-state index in [2.05, 4.69) is 48.5 Å². The zero-order valence-electron chi connectivity index (χ0n) is 21.5. The Kier molecular flexibility index (Phi) is 8.62. The number of allylic oxidation sites excluding steroid dienone is 1. The third-order valence-electron chi connectivity index (χ3n) is 10.5. The van der Waals surface area contributed by atoms with Crippen LogP contribution in [0.25, 0.3) is 17.2 Å². The fourth-order valence-electron chi connectivity index (χ4n) is 9.24. The van der Waals surface area contributed by atoms with Gasteiger partial charge >= 0.3 is 223 Å². The van der Waals surface area contributed by atoms with Crippen LogP contribution in [0.3, 0.4) is 0 Å². The Bertz CT molecular complexity index is 1070. The van der Waals surface area contributed by atoms with E-state index in [1.807, 2.05) is 0 Å². The first-order valence-corrected chi connectivity index (χ1v) is 15.8. The quantitative estimate of drug-likeness (QED) is 0.307. The molecule has 0 aliphatic heterocycles. The average Bonchev–Trinajstić information content (AvgIpc) is 2.99. The summed E-state index contributed by atoms with van der Waals surface area (Å²) >= 11 is 1.68. The van der Waals surface area contributed by atoms with Gasteiger partial charge in [0.2, 0.25) is 0 Å². The molecule has 191 valence electrons. The van der Waals surface area contributed by atoms with Crippen molar-refractivity contribution in [3.8, 4) is 11.1 Å². The minimum atomic E-state index is 0. The Balaban J connectivity index is 0.00000133. The summed E-state index contributed by atoms with van der Waals surface area (Å²) in [5.41, 5.74) is 9.73. The van der Waals surface area contributed by atoms with Crippen molar-refractivity contribution in [1.82, 2.24) is 0 Å². The molecule has 6 aliphatic rings. The fraction of sp³-hybridized carbons (Fsp3) is 0.576. The third-order valence-corrected chi connectivity index (χ3v) is 12.2. The van der Waals surface area contributed by atoms with Crippen molar-refractivity contribution in [2.45, 2.75) is 86.6 Å². The first-order chi connectivity index (χ1) is 16.7. The van der Waals surface area contributed by atoms with E-state index in [-0.39, 0.29) is 24.8 Å². The molecule has 5 fully saturated rings. The van der Waals surface area contributed by atoms with E-state index < -0.39 is 0 Å². The van der Waals surface area contributed by atoms with E-state index in [0.29, 0.717) is 3.63 Å². The molecule has 0 radical (unpaired) electrons. The Hall–Kier alpha value is -0.357. The first-order valence-electron chi connectivity index (χ1n) is 14.4. The molecule has 3 heteroatoms. The van der Waals surface area contributed by atoms with Crippen molar-refractivity contribution < 1.29 is 24.7 Å². The Morgan fingerprint density at radius 3 is 1.97 bits per heavy atom. The van der Waals surface area contributed by atoms with Gasteiger partial charge in [-0.15, -0.1) is 24.8 Å². The summed E-state index contributed by atoms with van der Waals surface area (Å²) in [6.45, 7) is 0. The van der Waals surface area contributed by atoms with E-state index in [1.165, 1.54) is 76.2 Å². The Morgan fingerprint density at radius 2 is 1.28 bits per heavy atom. The van der Waals surface area contributed by atoms with Crippen LogP contribution < -0.4 is 0 Å². The number of rotatable bonds is 4. The van der Waals surface area contributed by atoms with Crippen LogP contribution in [0, 0.1) is 29.6 Å². The summed E-state index contributed by atoms with van der Waals surface area (Å²) in [7, 11) is 0. The Morgan fingerprint density at radius 1 is 0.667 bits per heavy atom. The van der Waals surface area contributed by atoms with Gasteiger partial charge < -0.3 is 0 Å². The van der Waals surface area contributed by atoms with Gasteiger partial charge in [-0.2, -0.15) is 0 Å². The maximum atomic E-state index is 2.66. The summed E-state index contributed by atoms with van der Waals surface area (Å²) in [4.78, 5) is 0. The zero-order chi connectivity index (χ0) is 22.6. The molecule has 0 amide bonds. The second kappa shape index (κ2) is 11.4. The molecule has 6 aliphatic carbocycles. The standard InChI is InChI=1S/C33H39.2ClH.Zr/c1-2-4-9-22(8-3-1)14-25-16-26-10-7-13-30(32(26)21-25)29-11-5-6-12-31(29)33-27-17-23-15-24(19-27)20-28(33)18-23;;;/h5-7,10-13,16,21-24,27-28,33H,1-4,8-9,14-15,17-20H2;2*1H;. The molecule has 8 rings (SSSR count). The van der Waals surface area contributed by atoms with Crippen molar-refractivity contribution in [2.24, 2.45) is 29.6 Å². The number of fused-ring (bicyclic) bond motifs is 1. The summed E-state index contributed by atoms with van der Waals surface area (Å²) in [5, 5.41) is 0. The molecular weight excluding hydrogens is 558 g/mol. The number of hydrogen-bond acceptors (Lipinski definition) is 0. The molecule has 0 aromatic heterocycles. The van der Waals surface area contributed by atoms with Crippen molar-refractivity contribution in [3.63, 3.8) is 0 Å². The number of benzene rings is 2. The van der Waals surface area contributed by atoms with E-state index in [0.717, 1.165) is 35.5 Å². The van der Waals surface area contributed by atoms with Gasteiger partial charge in [-0.25, -0.2) is 0 Å². The van der Waals surface area contributed by atoms with Crippen molar-refractivity contribution >= 4 is 30.9 Å². The van der Waals surface area contributed by atoms with Gasteiger partial charge in [0.25, 0.3) is 0 Å². The zero-order valence-corrected chi connectivity index (χ0v) is 25.6. The molecule has 0 heterocycles. The second-order valence-electron chi connectivity index (χ2n) is 12.6. The molecule has 5 saturated carbocycles. The predicted molar refractivity (Wildman–Crippen MR) is 153 cm³/mol. The number of hydrogen-bond donors (Lipinski definition) is 0. The van der Waals surface area contributed by atoms with E-state index >= 15 is 0 Å². The van der Waals surface area contributed by atoms with Crippen LogP contribution >= 0.6 is 24.8 Å². The van der Waals surface area contributed by atoms with E-state index in [1.54, 1.807) is 59.0 Å². The van der Waals surface area contributed by atoms with Crippen LogP contribution in [-0.2, 0) is 24.7 Å². The Labute approximate surface area is 246 Å². The minimum absolute atomic E-state index is 0. The van der Waals surface area contributed by atoms with Crippen LogP contribution in [0.4, 0.5) is 0 Å². The van der Waals surface area contributed by atoms with Crippen LogP contribution in [0.1, 0.15) is 103 Å². The predicted octanol–water partition coefficient (Wildman–Crippen LogP) is 10.1. The fourth-order valence-corrected chi connectivity index (χ4v) is 10.4. The summed E-state index contributed by atoms with van der Waals surface area (Å²) in [6, 6.07) is 16.9. The summed E-state index contributed by atoms with van der Waals surface area (Å²) < 4.78 is 0.679. The second-order valence-corrected chi connectivity index (χ2v) is 14.0. The molecule has 1 atom stereocenters. The molecule has 2 aromatic rings. The molecule has 0 nitrogen and oxygen atoms in total. The van der Waals surface area contributed by atoms with Gasteiger partial charge in [0, 0.05) is 0 Å². The maximum absolute atomic E-state index is 2.66. The molecule has 0 N–H and O–H groups in total. The van der Waals surface area contributed by atoms with Crippen LogP contribution in [0.15, 0.2) is 48.0 Å². The van der Waals surface area contributed by atoms with Crippen LogP contribution in [0.2, 0.25) is 0 Å². The van der Waals surface area contributed by atoms with E-state index in [4.69, 9.17) is 0 Å². The monoisotopic (exact) mass is 597 g/mol. The van der Waals surface area contributed by atoms with Crippen LogP contribution in [-0.4, -0.2) is 0 Å². The van der Waals surface area contributed by atoms with Crippen LogP contribution in [0.5, 0.6) is 0 Å².